The summed E-state index contributed by atoms with van der Waals surface area (Å²) in [5, 5.41) is 16.9. The molecular formula is C31H32N4O8S. The molecule has 0 aliphatic carbocycles. The van der Waals surface area contributed by atoms with Crippen LogP contribution in [-0.4, -0.2) is 72.9 Å². The SMILES string of the molecule is COc1ccc(C(=O)Nc2ccc(Oc3c(C)c(C(=O)O)nn3-c3cccc(C)c3C)c(S(=O)(=O)N3CCOCC3)c2)cc1. The van der Waals surface area contributed by atoms with Gasteiger partial charge in [0.15, 0.2) is 5.69 Å². The Balaban J connectivity index is 1.60. The quantitative estimate of drug-likeness (QED) is 0.274. The first-order valence-corrected chi connectivity index (χ1v) is 15.2. The first-order chi connectivity index (χ1) is 21.0. The van der Waals surface area contributed by atoms with E-state index >= 15 is 0 Å². The third kappa shape index (κ3) is 6.02. The minimum atomic E-state index is -4.14. The van der Waals surface area contributed by atoms with E-state index in [0.717, 1.165) is 11.1 Å². The number of aromatic nitrogens is 2. The second-order valence-electron chi connectivity index (χ2n) is 10.2. The number of nitrogens with one attached hydrogen (secondary N) is 1. The molecule has 2 heterocycles. The van der Waals surface area contributed by atoms with Crippen LogP contribution in [0.1, 0.15) is 37.5 Å². The number of nitrogens with zero attached hydrogens (tertiary/aromatic N) is 3. The van der Waals surface area contributed by atoms with Gasteiger partial charge in [0.1, 0.15) is 16.4 Å². The van der Waals surface area contributed by atoms with Crippen LogP contribution in [0, 0.1) is 20.8 Å². The van der Waals surface area contributed by atoms with Crippen LogP contribution in [0.2, 0.25) is 0 Å². The molecule has 44 heavy (non-hydrogen) atoms. The van der Waals surface area contributed by atoms with Gasteiger partial charge in [-0.3, -0.25) is 4.79 Å². The predicted octanol–water partition coefficient (Wildman–Crippen LogP) is 4.57. The number of aromatic carboxylic acids is 1. The zero-order valence-electron chi connectivity index (χ0n) is 24.7. The lowest BCUT2D eigenvalue weighted by Gasteiger charge is -2.27. The Bertz CT molecular complexity index is 1830. The summed E-state index contributed by atoms with van der Waals surface area (Å²) in [5.74, 6) is -1.14. The van der Waals surface area contributed by atoms with Crippen molar-refractivity contribution in [1.82, 2.24) is 14.1 Å². The van der Waals surface area contributed by atoms with E-state index in [1.165, 1.54) is 34.3 Å². The number of carbonyl (C=O) groups is 2. The molecule has 13 heteroatoms. The number of aryl methyl sites for hydroxylation is 1. The van der Waals surface area contributed by atoms with Gasteiger partial charge in [-0.25, -0.2) is 13.2 Å². The molecule has 0 atom stereocenters. The highest BCUT2D eigenvalue weighted by Gasteiger charge is 2.32. The van der Waals surface area contributed by atoms with Gasteiger partial charge in [-0.05, 0) is 80.4 Å². The molecule has 12 nitrogen and oxygen atoms in total. The van der Waals surface area contributed by atoms with E-state index in [9.17, 15) is 23.1 Å². The van der Waals surface area contributed by atoms with Crippen LogP contribution in [0.15, 0.2) is 65.6 Å². The number of ether oxygens (including phenoxy) is 3. The van der Waals surface area contributed by atoms with Gasteiger partial charge in [0.25, 0.3) is 5.91 Å². The molecule has 3 aromatic carbocycles. The fourth-order valence-electron chi connectivity index (χ4n) is 4.78. The van der Waals surface area contributed by atoms with Crippen LogP contribution in [0.3, 0.4) is 0 Å². The molecule has 0 spiro atoms. The number of methoxy groups -OCH3 is 1. The van der Waals surface area contributed by atoms with Gasteiger partial charge in [-0.1, -0.05) is 12.1 Å². The van der Waals surface area contributed by atoms with E-state index in [1.807, 2.05) is 26.0 Å². The fourth-order valence-corrected chi connectivity index (χ4v) is 6.33. The summed E-state index contributed by atoms with van der Waals surface area (Å²) in [7, 11) is -2.62. The van der Waals surface area contributed by atoms with Crippen LogP contribution in [0.5, 0.6) is 17.4 Å². The fraction of sp³-hybridized carbons (Fsp3) is 0.258. The topological polar surface area (TPSA) is 149 Å². The number of morpholine rings is 1. The maximum absolute atomic E-state index is 14.0. The largest absolute Gasteiger partial charge is 0.497 e. The summed E-state index contributed by atoms with van der Waals surface area (Å²) in [6.07, 6.45) is 0. The van der Waals surface area contributed by atoms with E-state index in [-0.39, 0.29) is 59.8 Å². The maximum Gasteiger partial charge on any atom is 0.356 e. The number of benzene rings is 3. The minimum absolute atomic E-state index is 0.0459. The van der Waals surface area contributed by atoms with Crippen LogP contribution in [-0.2, 0) is 14.8 Å². The van der Waals surface area contributed by atoms with Gasteiger partial charge >= 0.3 is 5.97 Å². The van der Waals surface area contributed by atoms with E-state index in [1.54, 1.807) is 37.3 Å². The Morgan fingerprint density at radius 1 is 0.977 bits per heavy atom. The molecule has 1 aromatic heterocycles. The molecule has 0 bridgehead atoms. The van der Waals surface area contributed by atoms with Crippen molar-refractivity contribution < 1.29 is 37.3 Å². The smallest absolute Gasteiger partial charge is 0.356 e. The van der Waals surface area contributed by atoms with E-state index in [4.69, 9.17) is 14.2 Å². The number of anilines is 1. The lowest BCUT2D eigenvalue weighted by Crippen LogP contribution is -2.40. The van der Waals surface area contributed by atoms with Gasteiger partial charge in [-0.15, -0.1) is 0 Å². The summed E-state index contributed by atoms with van der Waals surface area (Å²) in [6, 6.07) is 16.2. The highest BCUT2D eigenvalue weighted by Crippen LogP contribution is 2.37. The lowest BCUT2D eigenvalue weighted by atomic mass is 10.1. The second-order valence-corrected chi connectivity index (χ2v) is 12.1. The first kappa shape index (κ1) is 30.7. The highest BCUT2D eigenvalue weighted by molar-refractivity contribution is 7.89. The van der Waals surface area contributed by atoms with Crippen molar-refractivity contribution >= 4 is 27.6 Å². The number of amides is 1. The minimum Gasteiger partial charge on any atom is -0.497 e. The van der Waals surface area contributed by atoms with Crippen molar-refractivity contribution in [3.63, 3.8) is 0 Å². The zero-order valence-corrected chi connectivity index (χ0v) is 25.5. The third-order valence-corrected chi connectivity index (χ3v) is 9.34. The van der Waals surface area contributed by atoms with Gasteiger partial charge in [0.05, 0.1) is 26.0 Å². The Hall–Kier alpha value is -4.72. The number of hydrogen-bond donors (Lipinski definition) is 2. The molecular weight excluding hydrogens is 588 g/mol. The number of sulfonamides is 1. The summed E-state index contributed by atoms with van der Waals surface area (Å²) < 4.78 is 47.4. The molecule has 2 N–H and O–H groups in total. The number of carboxylic acids is 1. The van der Waals surface area contributed by atoms with Crippen molar-refractivity contribution in [2.45, 2.75) is 25.7 Å². The molecule has 1 amide bonds. The molecule has 5 rings (SSSR count). The van der Waals surface area contributed by atoms with Crippen molar-refractivity contribution in [2.24, 2.45) is 0 Å². The van der Waals surface area contributed by atoms with Gasteiger partial charge in [0, 0.05) is 29.9 Å². The number of carboxylic acid groups (broad SMARTS) is 1. The Morgan fingerprint density at radius 3 is 2.34 bits per heavy atom. The van der Waals surface area contributed by atoms with E-state index in [0.29, 0.717) is 17.0 Å². The first-order valence-electron chi connectivity index (χ1n) is 13.8. The highest BCUT2D eigenvalue weighted by atomic mass is 32.2. The second kappa shape index (κ2) is 12.5. The predicted molar refractivity (Wildman–Crippen MR) is 162 cm³/mol. The molecule has 1 aliphatic rings. The molecule has 230 valence electrons. The van der Waals surface area contributed by atoms with Crippen LogP contribution >= 0.6 is 0 Å². The summed E-state index contributed by atoms with van der Waals surface area (Å²) in [4.78, 5) is 24.8. The molecule has 0 unspecified atom stereocenters. The number of carbonyl (C=O) groups excluding carboxylic acids is 1. The van der Waals surface area contributed by atoms with Crippen molar-refractivity contribution in [1.29, 1.82) is 0 Å². The third-order valence-electron chi connectivity index (χ3n) is 7.42. The average molecular weight is 621 g/mol. The van der Waals surface area contributed by atoms with Crippen molar-refractivity contribution in [2.75, 3.05) is 38.7 Å². The average Bonchev–Trinajstić information content (AvgIpc) is 3.35. The number of hydrogen-bond acceptors (Lipinski definition) is 8. The lowest BCUT2D eigenvalue weighted by molar-refractivity contribution is 0.0689. The van der Waals surface area contributed by atoms with E-state index < -0.39 is 21.9 Å². The monoisotopic (exact) mass is 620 g/mol. The van der Waals surface area contributed by atoms with Crippen LogP contribution < -0.4 is 14.8 Å². The summed E-state index contributed by atoms with van der Waals surface area (Å²) >= 11 is 0. The summed E-state index contributed by atoms with van der Waals surface area (Å²) in [6.45, 7) is 6.06. The van der Waals surface area contributed by atoms with Crippen LogP contribution in [0.4, 0.5) is 5.69 Å². The Kier molecular flexibility index (Phi) is 8.72. The van der Waals surface area contributed by atoms with Crippen molar-refractivity contribution in [3.05, 3.63) is 88.6 Å². The molecule has 1 fully saturated rings. The molecule has 0 radical (unpaired) electrons. The molecule has 1 aliphatic heterocycles. The van der Waals surface area contributed by atoms with Gasteiger partial charge in [-0.2, -0.15) is 14.1 Å². The normalized spacial score (nSPS) is 13.8. The number of rotatable bonds is 9. The Labute approximate surface area is 254 Å². The van der Waals surface area contributed by atoms with E-state index in [2.05, 4.69) is 10.4 Å². The van der Waals surface area contributed by atoms with Gasteiger partial charge < -0.3 is 24.6 Å². The molecule has 0 saturated carbocycles. The summed E-state index contributed by atoms with van der Waals surface area (Å²) in [5.41, 5.74) is 2.91. The molecule has 4 aromatic rings. The van der Waals surface area contributed by atoms with Crippen LogP contribution in [0.25, 0.3) is 5.69 Å². The Morgan fingerprint density at radius 2 is 1.68 bits per heavy atom. The van der Waals surface area contributed by atoms with Crippen molar-refractivity contribution in [3.8, 4) is 23.1 Å². The zero-order chi connectivity index (χ0) is 31.6. The standard InChI is InChI=1S/C31H32N4O8S/c1-19-6-5-7-25(20(19)2)35-30(21(3)28(33-35)31(37)38)43-26-13-10-23(32-29(36)22-8-11-24(41-4)12-9-22)18-27(26)44(39,40)34-14-16-42-17-15-34/h5-13,18H,14-17H2,1-4H3,(H,32,36)(H,37,38). The van der Waals surface area contributed by atoms with Gasteiger partial charge in [0.2, 0.25) is 15.9 Å². The molecule has 1 saturated heterocycles. The maximum atomic E-state index is 14.0.